The van der Waals surface area contributed by atoms with Crippen LogP contribution >= 0.6 is 0 Å². The first-order valence-electron chi connectivity index (χ1n) is 14.5. The van der Waals surface area contributed by atoms with Crippen molar-refractivity contribution in [2.75, 3.05) is 28.4 Å². The quantitative estimate of drug-likeness (QED) is 0.207. The molecular formula is C37H42O6. The summed E-state index contributed by atoms with van der Waals surface area (Å²) >= 11 is 0. The number of benzene rings is 4. The molecule has 0 aliphatic heterocycles. The number of aliphatic hydroxyl groups excluding tert-OH is 2. The molecule has 5 rings (SSSR count). The van der Waals surface area contributed by atoms with Crippen molar-refractivity contribution in [3.8, 4) is 34.1 Å². The maximum absolute atomic E-state index is 11.2. The SMILES string of the molecule is COc1c(C)c(CO)c(C2(c3c(OC)c(C)c(CO)c(C)c3OC)c3cc(C)ccc3-c3ccc(C)cc32)c(OC)c1C. The van der Waals surface area contributed by atoms with Crippen molar-refractivity contribution in [3.05, 3.63) is 103 Å². The van der Waals surface area contributed by atoms with E-state index in [1.807, 2.05) is 27.7 Å². The summed E-state index contributed by atoms with van der Waals surface area (Å²) in [4.78, 5) is 0. The summed E-state index contributed by atoms with van der Waals surface area (Å²) in [5.74, 6) is 2.53. The van der Waals surface area contributed by atoms with Gasteiger partial charge in [0.05, 0.1) is 52.6 Å². The van der Waals surface area contributed by atoms with Crippen molar-refractivity contribution in [3.63, 3.8) is 0 Å². The van der Waals surface area contributed by atoms with Crippen LogP contribution in [0, 0.1) is 41.5 Å². The van der Waals surface area contributed by atoms with Crippen LogP contribution in [0.25, 0.3) is 11.1 Å². The normalized spacial score (nSPS) is 13.0. The molecule has 1 aliphatic rings. The van der Waals surface area contributed by atoms with Crippen molar-refractivity contribution in [2.24, 2.45) is 0 Å². The van der Waals surface area contributed by atoms with Crippen LogP contribution in [-0.2, 0) is 18.6 Å². The molecule has 0 saturated carbocycles. The van der Waals surface area contributed by atoms with E-state index in [2.05, 4.69) is 50.2 Å². The van der Waals surface area contributed by atoms with Gasteiger partial charge in [0, 0.05) is 11.1 Å². The van der Waals surface area contributed by atoms with E-state index < -0.39 is 5.41 Å². The molecule has 0 bridgehead atoms. The molecule has 4 aromatic rings. The number of aliphatic hydroxyl groups is 2. The highest BCUT2D eigenvalue weighted by Crippen LogP contribution is 2.64. The highest BCUT2D eigenvalue weighted by molar-refractivity contribution is 5.90. The van der Waals surface area contributed by atoms with Crippen molar-refractivity contribution < 1.29 is 29.2 Å². The Hall–Kier alpha value is -4.00. The number of methoxy groups -OCH3 is 4. The third kappa shape index (κ3) is 4.07. The number of ether oxygens (including phenoxy) is 4. The van der Waals surface area contributed by atoms with Gasteiger partial charge in [-0.25, -0.2) is 0 Å². The standard InChI is InChI=1S/C37H42O6/c1-19-11-13-25-26-14-12-20(2)16-30(26)37(29(25)15-19,31-28(18-39)23(5)33(40-7)24(6)36(31)43-10)32-34(41-8)21(3)27(17-38)22(4)35(32)42-9/h11-16,38-39H,17-18H2,1-10H3. The highest BCUT2D eigenvalue weighted by Gasteiger charge is 2.53. The van der Waals surface area contributed by atoms with Gasteiger partial charge in [0.15, 0.2) is 0 Å². The molecule has 43 heavy (non-hydrogen) atoms. The lowest BCUT2D eigenvalue weighted by Crippen LogP contribution is -2.33. The summed E-state index contributed by atoms with van der Waals surface area (Å²) in [6, 6.07) is 13.1. The second-order valence-corrected chi connectivity index (χ2v) is 11.5. The lowest BCUT2D eigenvalue weighted by molar-refractivity contribution is 0.274. The zero-order valence-electron chi connectivity index (χ0n) is 26.9. The smallest absolute Gasteiger partial charge is 0.130 e. The van der Waals surface area contributed by atoms with Gasteiger partial charge in [-0.05, 0) is 91.6 Å². The second kappa shape index (κ2) is 11.3. The number of rotatable bonds is 8. The van der Waals surface area contributed by atoms with E-state index in [-0.39, 0.29) is 13.2 Å². The van der Waals surface area contributed by atoms with E-state index >= 15 is 0 Å². The Morgan fingerprint density at radius 1 is 0.512 bits per heavy atom. The Kier molecular flexibility index (Phi) is 7.97. The number of aryl methyl sites for hydroxylation is 2. The second-order valence-electron chi connectivity index (χ2n) is 11.5. The summed E-state index contributed by atoms with van der Waals surface area (Å²) in [5, 5.41) is 21.7. The number of fused-ring (bicyclic) bond motifs is 3. The molecule has 2 N–H and O–H groups in total. The van der Waals surface area contributed by atoms with Crippen molar-refractivity contribution in [1.29, 1.82) is 0 Å². The molecule has 4 aromatic carbocycles. The minimum atomic E-state index is -1.03. The highest BCUT2D eigenvalue weighted by atomic mass is 16.5. The number of hydrogen-bond acceptors (Lipinski definition) is 6. The molecule has 0 heterocycles. The van der Waals surface area contributed by atoms with Gasteiger partial charge in [0.25, 0.3) is 0 Å². The van der Waals surface area contributed by atoms with Gasteiger partial charge in [-0.1, -0.05) is 47.5 Å². The van der Waals surface area contributed by atoms with Crippen LogP contribution in [0.2, 0.25) is 0 Å². The fourth-order valence-electron chi connectivity index (χ4n) is 7.53. The molecule has 0 radical (unpaired) electrons. The third-order valence-electron chi connectivity index (χ3n) is 9.37. The molecule has 6 heteroatoms. The molecule has 0 atom stereocenters. The predicted octanol–water partition coefficient (Wildman–Crippen LogP) is 6.92. The van der Waals surface area contributed by atoms with Crippen LogP contribution in [0.5, 0.6) is 23.0 Å². The molecule has 6 nitrogen and oxygen atoms in total. The van der Waals surface area contributed by atoms with Crippen LogP contribution in [0.4, 0.5) is 0 Å². The van der Waals surface area contributed by atoms with Crippen LogP contribution in [0.1, 0.15) is 66.8 Å². The maximum Gasteiger partial charge on any atom is 0.130 e. The summed E-state index contributed by atoms with van der Waals surface area (Å²) in [6.07, 6.45) is 0. The monoisotopic (exact) mass is 582 g/mol. The van der Waals surface area contributed by atoms with E-state index in [9.17, 15) is 10.2 Å². The average Bonchev–Trinajstić information content (AvgIpc) is 3.25. The van der Waals surface area contributed by atoms with Gasteiger partial charge < -0.3 is 29.2 Å². The summed E-state index contributed by atoms with van der Waals surface area (Å²) in [6.45, 7) is 11.7. The van der Waals surface area contributed by atoms with E-state index in [1.165, 1.54) is 0 Å². The average molecular weight is 583 g/mol. The summed E-state index contributed by atoms with van der Waals surface area (Å²) in [7, 11) is 6.63. The van der Waals surface area contributed by atoms with E-state index in [1.54, 1.807) is 28.4 Å². The minimum absolute atomic E-state index is 0.158. The molecule has 0 saturated heterocycles. The molecular weight excluding hydrogens is 540 g/mol. The molecule has 0 spiro atoms. The van der Waals surface area contributed by atoms with Gasteiger partial charge >= 0.3 is 0 Å². The Morgan fingerprint density at radius 3 is 1.30 bits per heavy atom. The van der Waals surface area contributed by atoms with E-state index in [0.717, 1.165) is 72.3 Å². The topological polar surface area (TPSA) is 77.4 Å². The van der Waals surface area contributed by atoms with Gasteiger partial charge in [0.1, 0.15) is 23.0 Å². The van der Waals surface area contributed by atoms with Gasteiger partial charge in [0.2, 0.25) is 0 Å². The van der Waals surface area contributed by atoms with E-state index in [0.29, 0.717) is 28.6 Å². The van der Waals surface area contributed by atoms with Crippen molar-refractivity contribution in [2.45, 2.75) is 60.2 Å². The van der Waals surface area contributed by atoms with Gasteiger partial charge in [-0.3, -0.25) is 0 Å². The molecule has 0 unspecified atom stereocenters. The molecule has 1 aliphatic carbocycles. The van der Waals surface area contributed by atoms with Gasteiger partial charge in [-0.2, -0.15) is 0 Å². The van der Waals surface area contributed by atoms with Crippen LogP contribution in [0.3, 0.4) is 0 Å². The minimum Gasteiger partial charge on any atom is -0.496 e. The lowest BCUT2D eigenvalue weighted by atomic mass is 9.63. The van der Waals surface area contributed by atoms with Gasteiger partial charge in [-0.15, -0.1) is 0 Å². The molecule has 0 amide bonds. The van der Waals surface area contributed by atoms with Crippen molar-refractivity contribution in [1.82, 2.24) is 0 Å². The van der Waals surface area contributed by atoms with Crippen molar-refractivity contribution >= 4 is 0 Å². The fourth-order valence-corrected chi connectivity index (χ4v) is 7.53. The molecule has 226 valence electrons. The Morgan fingerprint density at radius 2 is 0.907 bits per heavy atom. The fraction of sp³-hybridized carbons (Fsp3) is 0.351. The molecule has 0 fully saturated rings. The summed E-state index contributed by atoms with van der Waals surface area (Å²) in [5.41, 5.74) is 11.8. The van der Waals surface area contributed by atoms with Crippen LogP contribution < -0.4 is 18.9 Å². The first-order valence-corrected chi connectivity index (χ1v) is 14.5. The first-order chi connectivity index (χ1) is 20.6. The zero-order valence-corrected chi connectivity index (χ0v) is 26.9. The predicted molar refractivity (Wildman–Crippen MR) is 170 cm³/mol. The zero-order chi connectivity index (χ0) is 31.4. The Balaban J connectivity index is 2.23. The Labute approximate surface area is 254 Å². The largest absolute Gasteiger partial charge is 0.496 e. The first kappa shape index (κ1) is 30.5. The maximum atomic E-state index is 11.2. The number of hydrogen-bond donors (Lipinski definition) is 2. The lowest BCUT2D eigenvalue weighted by Gasteiger charge is -2.40. The third-order valence-corrected chi connectivity index (χ3v) is 9.37. The van der Waals surface area contributed by atoms with E-state index in [4.69, 9.17) is 18.9 Å². The van der Waals surface area contributed by atoms with Crippen LogP contribution in [-0.4, -0.2) is 38.7 Å². The molecule has 0 aromatic heterocycles. The summed E-state index contributed by atoms with van der Waals surface area (Å²) < 4.78 is 24.8. The Bertz CT molecular complexity index is 1560. The van der Waals surface area contributed by atoms with Crippen LogP contribution in [0.15, 0.2) is 36.4 Å².